The second-order valence-corrected chi connectivity index (χ2v) is 2.85. The maximum atomic E-state index is 7.50. The molecule has 1 aliphatic rings. The molecule has 0 bridgehead atoms. The Morgan fingerprint density at radius 3 is 1.80 bits per heavy atom. The molecule has 0 unspecified atom stereocenters. The monoisotopic (exact) mass is 379 g/mol. The predicted molar refractivity (Wildman–Crippen MR) is 51.5 cm³/mol. The summed E-state index contributed by atoms with van der Waals surface area (Å²) in [6.45, 7) is 10.1. The van der Waals surface area contributed by atoms with Gasteiger partial charge in [-0.25, -0.2) is 0 Å². The number of rotatable bonds is 3. The summed E-state index contributed by atoms with van der Waals surface area (Å²) < 4.78 is 15.0. The van der Waals surface area contributed by atoms with E-state index in [4.69, 9.17) is 9.30 Å². The van der Waals surface area contributed by atoms with Crippen molar-refractivity contribution >= 4 is 0 Å². The van der Waals surface area contributed by atoms with Crippen LogP contribution in [0.4, 0.5) is 0 Å². The molecule has 0 aromatic rings. The summed E-state index contributed by atoms with van der Waals surface area (Å²) in [7, 11) is 4.20. The van der Waals surface area contributed by atoms with Crippen molar-refractivity contribution in [3.63, 3.8) is 0 Å². The normalized spacial score (nSPS) is 14.1. The molecule has 0 saturated heterocycles. The van der Waals surface area contributed by atoms with E-state index in [9.17, 15) is 0 Å². The van der Waals surface area contributed by atoms with Gasteiger partial charge in [0, 0.05) is 20.4 Å². The molecule has 0 spiro atoms. The molecule has 3 nitrogen and oxygen atoms in total. The first kappa shape index (κ1) is 20.5. The van der Waals surface area contributed by atoms with E-state index in [0.29, 0.717) is 0 Å². The van der Waals surface area contributed by atoms with Gasteiger partial charge >= 0.3 is 22.6 Å². The Hall–Kier alpha value is 0.102. The van der Waals surface area contributed by atoms with Crippen molar-refractivity contribution in [1.29, 1.82) is 0 Å². The molecule has 82 valence electrons. The molecule has 1 saturated carbocycles. The zero-order valence-corrected chi connectivity index (χ0v) is 11.6. The van der Waals surface area contributed by atoms with Crippen molar-refractivity contribution in [2.75, 3.05) is 20.6 Å². The van der Waals surface area contributed by atoms with Crippen molar-refractivity contribution in [1.82, 2.24) is 4.90 Å². The Bertz CT molecular complexity index is 145. The molecule has 0 aliphatic heterocycles. The molecule has 0 amide bonds. The third-order valence-electron chi connectivity index (χ3n) is 1.58. The summed E-state index contributed by atoms with van der Waals surface area (Å²) in [5.41, 5.74) is 0. The fourth-order valence-corrected chi connectivity index (χ4v) is 0.933. The second kappa shape index (κ2) is 16.5. The first-order valence-corrected chi connectivity index (χ1v) is 4.05. The van der Waals surface area contributed by atoms with Crippen LogP contribution in [0.15, 0.2) is 0 Å². The van der Waals surface area contributed by atoms with Gasteiger partial charge < -0.3 is 4.90 Å². The molecule has 0 atom stereocenters. The molecule has 1 aliphatic carbocycles. The van der Waals surface area contributed by atoms with Gasteiger partial charge in [-0.05, 0) is 58.7 Å². The fourth-order valence-electron chi connectivity index (χ4n) is 0.933. The van der Waals surface area contributed by atoms with Gasteiger partial charge in [0.15, 0.2) is 0 Å². The minimum absolute atomic E-state index is 0. The van der Waals surface area contributed by atoms with Crippen LogP contribution in [0.1, 0.15) is 6.42 Å². The average molecular weight is 378 g/mol. The van der Waals surface area contributed by atoms with E-state index >= 15 is 0 Å². The van der Waals surface area contributed by atoms with Gasteiger partial charge in [-0.3, -0.25) is 0 Å². The van der Waals surface area contributed by atoms with E-state index in [1.54, 1.807) is 0 Å². The molecule has 6 radical (unpaired) electrons. The van der Waals surface area contributed by atoms with E-state index in [0.717, 1.165) is 6.54 Å². The van der Waals surface area contributed by atoms with E-state index < -0.39 is 0 Å². The molecular weight excluding hydrogens is 364 g/mol. The fraction of sp³-hybridized carbons (Fsp3) is 0.364. The predicted octanol–water partition coefficient (Wildman–Crippen LogP) is 1.27. The van der Waals surface area contributed by atoms with E-state index in [1.807, 2.05) is 0 Å². The zero-order chi connectivity index (χ0) is 11.4. The van der Waals surface area contributed by atoms with Crippen LogP contribution in [-0.4, -0.2) is 25.5 Å². The smallest absolute Gasteiger partial charge is 0 e. The van der Waals surface area contributed by atoms with Crippen LogP contribution in [0.2, 0.25) is 0 Å². The Labute approximate surface area is 107 Å². The van der Waals surface area contributed by atoms with Crippen LogP contribution in [0.25, 0.3) is 0 Å². The molecule has 0 aromatic heterocycles. The molecule has 4 heteroatoms. The van der Waals surface area contributed by atoms with Crippen LogP contribution >= 0.6 is 0 Å². The first-order valence-electron chi connectivity index (χ1n) is 4.05. The maximum absolute atomic E-state index is 7.50. The summed E-state index contributed by atoms with van der Waals surface area (Å²) in [4.78, 5) is 2.20. The van der Waals surface area contributed by atoms with Crippen LogP contribution < -0.4 is 0 Å². The van der Waals surface area contributed by atoms with Gasteiger partial charge in [0.25, 0.3) is 0 Å². The Kier molecular flexibility index (Phi) is 22.6. The Morgan fingerprint density at radius 1 is 1.07 bits per heavy atom. The molecule has 0 aromatic carbocycles. The minimum Gasteiger partial charge on any atom is 0 e. The minimum atomic E-state index is 0. The van der Waals surface area contributed by atoms with Crippen LogP contribution in [0, 0.1) is 44.9 Å². The zero-order valence-electron chi connectivity index (χ0n) is 8.87. The summed E-state index contributed by atoms with van der Waals surface area (Å²) in [6, 6.07) is 0. The van der Waals surface area contributed by atoms with Crippen LogP contribution in [-0.2, 0) is 29.7 Å². The summed E-state index contributed by atoms with van der Waals surface area (Å²) >= 11 is 0. The van der Waals surface area contributed by atoms with Crippen LogP contribution in [0.3, 0.4) is 0 Å². The SMILES string of the molecule is CN(C)CC[C]1[CH][CH][CH][CH]1.[C-]#[O+].[C-]#[O+].[Re]. The quantitative estimate of drug-likeness (QED) is 0.539. The Morgan fingerprint density at radius 2 is 1.47 bits per heavy atom. The molecule has 15 heavy (non-hydrogen) atoms. The average Bonchev–Trinajstić information content (AvgIpc) is 2.73. The summed E-state index contributed by atoms with van der Waals surface area (Å²) in [5.74, 6) is 1.44. The molecule has 1 rings (SSSR count). The molecule has 1 fully saturated rings. The third-order valence-corrected chi connectivity index (χ3v) is 1.58. The number of nitrogens with zero attached hydrogens (tertiary/aromatic N) is 1. The van der Waals surface area contributed by atoms with Crippen LogP contribution in [0.5, 0.6) is 0 Å². The van der Waals surface area contributed by atoms with E-state index in [-0.39, 0.29) is 20.4 Å². The van der Waals surface area contributed by atoms with E-state index in [1.165, 1.54) is 12.3 Å². The van der Waals surface area contributed by atoms with E-state index in [2.05, 4.69) is 58.0 Å². The van der Waals surface area contributed by atoms with Gasteiger partial charge in [0.2, 0.25) is 0 Å². The van der Waals surface area contributed by atoms with Crippen molar-refractivity contribution < 1.29 is 29.7 Å². The second-order valence-electron chi connectivity index (χ2n) is 2.85. The largest absolute Gasteiger partial charge is 0 e. The molecular formula is C11H14NO2Re. The molecule has 0 N–H and O–H groups in total. The first-order chi connectivity index (χ1) is 6.79. The van der Waals surface area contributed by atoms with Crippen molar-refractivity contribution in [3.8, 4) is 0 Å². The van der Waals surface area contributed by atoms with Gasteiger partial charge in [0.1, 0.15) is 0 Å². The number of hydrogen-bond acceptors (Lipinski definition) is 1. The topological polar surface area (TPSA) is 43.0 Å². The maximum Gasteiger partial charge on any atom is 0 e. The Balaban J connectivity index is -0.000000258. The van der Waals surface area contributed by atoms with Gasteiger partial charge in [-0.1, -0.05) is 0 Å². The van der Waals surface area contributed by atoms with Crippen molar-refractivity contribution in [2.45, 2.75) is 6.42 Å². The van der Waals surface area contributed by atoms with Gasteiger partial charge in [0.05, 0.1) is 0 Å². The summed E-state index contributed by atoms with van der Waals surface area (Å²) in [5, 5.41) is 0. The molecule has 0 heterocycles. The summed E-state index contributed by atoms with van der Waals surface area (Å²) in [6.07, 6.45) is 9.68. The van der Waals surface area contributed by atoms with Crippen molar-refractivity contribution in [3.05, 3.63) is 44.9 Å². The van der Waals surface area contributed by atoms with Gasteiger partial charge in [-0.15, -0.1) is 0 Å². The number of hydrogen-bond donors (Lipinski definition) is 0. The van der Waals surface area contributed by atoms with Gasteiger partial charge in [-0.2, -0.15) is 0 Å². The van der Waals surface area contributed by atoms with Crippen molar-refractivity contribution in [2.24, 2.45) is 0 Å². The standard InChI is InChI=1S/C9H14N.2CO.Re/c1-10(2)8-7-9-5-3-4-6-9;2*1-2;/h3-6H,7-8H2,1-2H3;;;. The third kappa shape index (κ3) is 14.1.